The van der Waals surface area contributed by atoms with E-state index < -0.39 is 4.92 Å². The Labute approximate surface area is 118 Å². The van der Waals surface area contributed by atoms with Gasteiger partial charge in [0.1, 0.15) is 5.75 Å². The summed E-state index contributed by atoms with van der Waals surface area (Å²) in [5.41, 5.74) is 7.00. The van der Waals surface area contributed by atoms with E-state index >= 15 is 0 Å². The lowest BCUT2D eigenvalue weighted by atomic mass is 10.2. The molecule has 0 aliphatic heterocycles. The van der Waals surface area contributed by atoms with E-state index in [9.17, 15) is 10.1 Å². The average molecular weight is 323 g/mol. The molecule has 0 saturated heterocycles. The number of benzene rings is 2. The van der Waals surface area contributed by atoms with Crippen molar-refractivity contribution in [1.82, 2.24) is 0 Å². The Balaban J connectivity index is 2.42. The van der Waals surface area contributed by atoms with E-state index in [1.807, 2.05) is 6.92 Å². The third-order valence-corrected chi connectivity index (χ3v) is 3.03. The number of rotatable bonds is 3. The standard InChI is InChI=1S/C13H11BrN2O3/c1-8-6-10(15)3-5-12(8)19-13-7-9(14)2-4-11(13)16(17)18/h2-7H,15H2,1H3. The molecule has 19 heavy (non-hydrogen) atoms. The molecule has 0 fully saturated rings. The van der Waals surface area contributed by atoms with Crippen molar-refractivity contribution in [1.29, 1.82) is 0 Å². The van der Waals surface area contributed by atoms with Crippen LogP contribution in [0.3, 0.4) is 0 Å². The second kappa shape index (κ2) is 5.27. The Morgan fingerprint density at radius 3 is 2.58 bits per heavy atom. The number of hydrogen-bond acceptors (Lipinski definition) is 4. The van der Waals surface area contributed by atoms with Gasteiger partial charge in [-0.15, -0.1) is 0 Å². The second-order valence-electron chi connectivity index (χ2n) is 4.00. The molecule has 0 bridgehead atoms. The maximum atomic E-state index is 11.0. The predicted octanol–water partition coefficient (Wildman–Crippen LogP) is 4.04. The van der Waals surface area contributed by atoms with Crippen LogP contribution in [-0.4, -0.2) is 4.92 Å². The van der Waals surface area contributed by atoms with E-state index in [4.69, 9.17) is 10.5 Å². The summed E-state index contributed by atoms with van der Waals surface area (Å²) in [6.07, 6.45) is 0. The van der Waals surface area contributed by atoms with Gasteiger partial charge in [0.2, 0.25) is 5.75 Å². The fourth-order valence-corrected chi connectivity index (χ4v) is 1.97. The number of hydrogen-bond donors (Lipinski definition) is 1. The Bertz CT molecular complexity index is 644. The first-order chi connectivity index (χ1) is 8.97. The fourth-order valence-electron chi connectivity index (χ4n) is 1.63. The van der Waals surface area contributed by atoms with Gasteiger partial charge in [0, 0.05) is 22.3 Å². The van der Waals surface area contributed by atoms with Crippen molar-refractivity contribution in [3.63, 3.8) is 0 Å². The minimum Gasteiger partial charge on any atom is -0.450 e. The molecular formula is C13H11BrN2O3. The Morgan fingerprint density at radius 1 is 1.21 bits per heavy atom. The molecule has 6 heteroatoms. The summed E-state index contributed by atoms with van der Waals surface area (Å²) >= 11 is 3.27. The summed E-state index contributed by atoms with van der Waals surface area (Å²) < 4.78 is 6.32. The molecule has 0 aliphatic rings. The zero-order chi connectivity index (χ0) is 14.0. The zero-order valence-electron chi connectivity index (χ0n) is 10.1. The van der Waals surface area contributed by atoms with Gasteiger partial charge in [-0.3, -0.25) is 10.1 Å². The zero-order valence-corrected chi connectivity index (χ0v) is 11.7. The molecular weight excluding hydrogens is 312 g/mol. The average Bonchev–Trinajstić information content (AvgIpc) is 2.32. The van der Waals surface area contributed by atoms with Crippen molar-refractivity contribution in [2.24, 2.45) is 0 Å². The van der Waals surface area contributed by atoms with Crippen molar-refractivity contribution in [2.75, 3.05) is 5.73 Å². The molecule has 0 saturated carbocycles. The molecule has 2 aromatic carbocycles. The number of ether oxygens (including phenoxy) is 1. The van der Waals surface area contributed by atoms with Gasteiger partial charge >= 0.3 is 5.69 Å². The lowest BCUT2D eigenvalue weighted by Gasteiger charge is -2.09. The van der Waals surface area contributed by atoms with Crippen LogP contribution in [0.1, 0.15) is 5.56 Å². The molecule has 0 atom stereocenters. The first-order valence-electron chi connectivity index (χ1n) is 5.45. The molecule has 5 nitrogen and oxygen atoms in total. The van der Waals surface area contributed by atoms with Crippen LogP contribution in [0.5, 0.6) is 11.5 Å². The van der Waals surface area contributed by atoms with Crippen LogP contribution in [0.2, 0.25) is 0 Å². The fraction of sp³-hybridized carbons (Fsp3) is 0.0769. The first kappa shape index (κ1) is 13.4. The number of aryl methyl sites for hydroxylation is 1. The highest BCUT2D eigenvalue weighted by Crippen LogP contribution is 2.35. The minimum atomic E-state index is -0.478. The van der Waals surface area contributed by atoms with Gasteiger partial charge < -0.3 is 10.5 Å². The van der Waals surface area contributed by atoms with E-state index in [0.717, 1.165) is 5.56 Å². The normalized spacial score (nSPS) is 10.2. The minimum absolute atomic E-state index is 0.0839. The highest BCUT2D eigenvalue weighted by atomic mass is 79.9. The smallest absolute Gasteiger partial charge is 0.311 e. The lowest BCUT2D eigenvalue weighted by Crippen LogP contribution is -1.95. The Morgan fingerprint density at radius 2 is 1.95 bits per heavy atom. The number of nitro benzene ring substituents is 1. The molecule has 0 aliphatic carbocycles. The van der Waals surface area contributed by atoms with E-state index in [2.05, 4.69) is 15.9 Å². The van der Waals surface area contributed by atoms with Gasteiger partial charge in [-0.2, -0.15) is 0 Å². The van der Waals surface area contributed by atoms with Gasteiger partial charge in [-0.1, -0.05) is 15.9 Å². The summed E-state index contributed by atoms with van der Waals surface area (Å²) in [6.45, 7) is 1.83. The molecule has 0 spiro atoms. The summed E-state index contributed by atoms with van der Waals surface area (Å²) in [6, 6.07) is 9.68. The van der Waals surface area contributed by atoms with Crippen molar-refractivity contribution in [2.45, 2.75) is 6.92 Å². The highest BCUT2D eigenvalue weighted by Gasteiger charge is 2.16. The number of anilines is 1. The van der Waals surface area contributed by atoms with Crippen molar-refractivity contribution in [3.05, 3.63) is 56.5 Å². The molecule has 0 radical (unpaired) electrons. The molecule has 0 aromatic heterocycles. The number of nitrogens with two attached hydrogens (primary N) is 1. The van der Waals surface area contributed by atoms with Gasteiger partial charge in [0.15, 0.2) is 0 Å². The molecule has 2 aromatic rings. The largest absolute Gasteiger partial charge is 0.450 e. The Hall–Kier alpha value is -2.08. The van der Waals surface area contributed by atoms with Crippen molar-refractivity contribution < 1.29 is 9.66 Å². The van der Waals surface area contributed by atoms with Gasteiger partial charge in [-0.25, -0.2) is 0 Å². The number of nitrogen functional groups attached to an aromatic ring is 1. The summed E-state index contributed by atoms with van der Waals surface area (Å²) in [5, 5.41) is 11.0. The first-order valence-corrected chi connectivity index (χ1v) is 6.24. The van der Waals surface area contributed by atoms with Crippen LogP contribution in [-0.2, 0) is 0 Å². The Kier molecular flexibility index (Phi) is 3.71. The van der Waals surface area contributed by atoms with E-state index in [1.165, 1.54) is 6.07 Å². The summed E-state index contributed by atoms with van der Waals surface area (Å²) in [7, 11) is 0. The van der Waals surface area contributed by atoms with Crippen LogP contribution < -0.4 is 10.5 Å². The van der Waals surface area contributed by atoms with Crippen molar-refractivity contribution in [3.8, 4) is 11.5 Å². The van der Waals surface area contributed by atoms with Gasteiger partial charge in [-0.05, 0) is 36.8 Å². The molecule has 0 heterocycles. The van der Waals surface area contributed by atoms with E-state index in [0.29, 0.717) is 15.9 Å². The lowest BCUT2D eigenvalue weighted by molar-refractivity contribution is -0.385. The predicted molar refractivity (Wildman–Crippen MR) is 76.5 cm³/mol. The summed E-state index contributed by atoms with van der Waals surface area (Å²) in [5.74, 6) is 0.725. The number of nitrogens with zero attached hydrogens (tertiary/aromatic N) is 1. The summed E-state index contributed by atoms with van der Waals surface area (Å²) in [4.78, 5) is 10.5. The molecule has 0 amide bonds. The maximum absolute atomic E-state index is 11.0. The molecule has 2 N–H and O–H groups in total. The number of nitro groups is 1. The quantitative estimate of drug-likeness (QED) is 0.525. The van der Waals surface area contributed by atoms with Crippen molar-refractivity contribution >= 4 is 27.3 Å². The van der Waals surface area contributed by atoms with E-state index in [-0.39, 0.29) is 11.4 Å². The van der Waals surface area contributed by atoms with Gasteiger partial charge in [0.25, 0.3) is 0 Å². The molecule has 98 valence electrons. The maximum Gasteiger partial charge on any atom is 0.311 e. The van der Waals surface area contributed by atoms with Crippen LogP contribution in [0.15, 0.2) is 40.9 Å². The van der Waals surface area contributed by atoms with Crippen LogP contribution in [0.25, 0.3) is 0 Å². The molecule has 0 unspecified atom stereocenters. The monoisotopic (exact) mass is 322 g/mol. The third kappa shape index (κ3) is 3.03. The third-order valence-electron chi connectivity index (χ3n) is 2.54. The SMILES string of the molecule is Cc1cc(N)ccc1Oc1cc(Br)ccc1[N+](=O)[O-]. The van der Waals surface area contributed by atoms with Gasteiger partial charge in [0.05, 0.1) is 4.92 Å². The highest BCUT2D eigenvalue weighted by molar-refractivity contribution is 9.10. The second-order valence-corrected chi connectivity index (χ2v) is 4.91. The number of halogens is 1. The van der Waals surface area contributed by atoms with Crippen LogP contribution in [0.4, 0.5) is 11.4 Å². The van der Waals surface area contributed by atoms with Crippen LogP contribution in [0, 0.1) is 17.0 Å². The van der Waals surface area contributed by atoms with E-state index in [1.54, 1.807) is 30.3 Å². The molecule has 2 rings (SSSR count). The topological polar surface area (TPSA) is 78.4 Å². The van der Waals surface area contributed by atoms with Crippen LogP contribution >= 0.6 is 15.9 Å².